The van der Waals surface area contributed by atoms with Gasteiger partial charge < -0.3 is 20.5 Å². The van der Waals surface area contributed by atoms with E-state index in [1.165, 1.54) is 0 Å². The van der Waals surface area contributed by atoms with Crippen LogP contribution in [0.2, 0.25) is 0 Å². The summed E-state index contributed by atoms with van der Waals surface area (Å²) in [6.07, 6.45) is 1.10. The van der Waals surface area contributed by atoms with Crippen LogP contribution in [0.3, 0.4) is 0 Å². The summed E-state index contributed by atoms with van der Waals surface area (Å²) in [4.78, 5) is 11.8. The highest BCUT2D eigenvalue weighted by Crippen LogP contribution is 2.29. The molecule has 1 aromatic carbocycles. The Morgan fingerprint density at radius 2 is 1.95 bits per heavy atom. The average molecular weight is 317 g/mol. The van der Waals surface area contributed by atoms with E-state index in [9.17, 15) is 4.79 Å². The van der Waals surface area contributed by atoms with Gasteiger partial charge in [-0.05, 0) is 38.5 Å². The molecule has 1 amide bonds. The Morgan fingerprint density at radius 3 is 2.48 bits per heavy atom. The summed E-state index contributed by atoms with van der Waals surface area (Å²) in [5, 5.41) is 2.95. The summed E-state index contributed by atoms with van der Waals surface area (Å²) in [6.45, 7) is 3.81. The monoisotopic (exact) mass is 316 g/mol. The van der Waals surface area contributed by atoms with E-state index in [0.717, 1.165) is 17.1 Å². The largest absolute Gasteiger partial charge is 0.497 e. The zero-order valence-corrected chi connectivity index (χ0v) is 13.8. The fraction of sp³-hybridized carbons (Fsp3) is 0.533. The Labute approximate surface area is 132 Å². The van der Waals surface area contributed by atoms with E-state index in [0.29, 0.717) is 12.8 Å². The van der Waals surface area contributed by atoms with Crippen LogP contribution >= 0.6 is 12.4 Å². The van der Waals surface area contributed by atoms with Crippen LogP contribution in [0.15, 0.2) is 18.2 Å². The number of benzene rings is 1. The Kier molecular flexibility index (Phi) is 8.81. The Hall–Kier alpha value is -1.46. The first-order valence-electron chi connectivity index (χ1n) is 6.74. The van der Waals surface area contributed by atoms with Gasteiger partial charge in [0.15, 0.2) is 0 Å². The van der Waals surface area contributed by atoms with Crippen molar-refractivity contribution < 1.29 is 14.3 Å². The molecule has 3 N–H and O–H groups in total. The topological polar surface area (TPSA) is 73.6 Å². The van der Waals surface area contributed by atoms with Crippen LogP contribution in [0.25, 0.3) is 0 Å². The SMILES string of the molecule is COc1ccc(OC)c(C(C)NC(=O)CCC(C)N)c1.Cl. The van der Waals surface area contributed by atoms with Gasteiger partial charge in [0, 0.05) is 18.0 Å². The minimum absolute atomic E-state index is 0. The number of halogens is 1. The van der Waals surface area contributed by atoms with E-state index >= 15 is 0 Å². The molecular weight excluding hydrogens is 292 g/mol. The summed E-state index contributed by atoms with van der Waals surface area (Å²) in [5.74, 6) is 1.45. The van der Waals surface area contributed by atoms with Gasteiger partial charge in [-0.1, -0.05) is 0 Å². The van der Waals surface area contributed by atoms with Crippen LogP contribution in [-0.4, -0.2) is 26.2 Å². The zero-order valence-electron chi connectivity index (χ0n) is 13.0. The minimum atomic E-state index is -0.152. The van der Waals surface area contributed by atoms with Crippen molar-refractivity contribution in [2.75, 3.05) is 14.2 Å². The van der Waals surface area contributed by atoms with Gasteiger partial charge >= 0.3 is 0 Å². The van der Waals surface area contributed by atoms with Crippen molar-refractivity contribution in [3.8, 4) is 11.5 Å². The third-order valence-corrected chi connectivity index (χ3v) is 3.11. The quantitative estimate of drug-likeness (QED) is 0.810. The lowest BCUT2D eigenvalue weighted by Crippen LogP contribution is -2.28. The van der Waals surface area contributed by atoms with Gasteiger partial charge in [-0.3, -0.25) is 4.79 Å². The van der Waals surface area contributed by atoms with Crippen LogP contribution in [0.1, 0.15) is 38.3 Å². The molecule has 0 fully saturated rings. The standard InChI is InChI=1S/C15H24N2O3.ClH/c1-10(16)5-8-15(18)17-11(2)13-9-12(19-3)6-7-14(13)20-4;/h6-7,9-11H,5,8,16H2,1-4H3,(H,17,18);1H. The van der Waals surface area contributed by atoms with E-state index in [-0.39, 0.29) is 30.4 Å². The summed E-state index contributed by atoms with van der Waals surface area (Å²) in [6, 6.07) is 5.41. The van der Waals surface area contributed by atoms with Crippen molar-refractivity contribution in [1.29, 1.82) is 0 Å². The molecule has 21 heavy (non-hydrogen) atoms. The van der Waals surface area contributed by atoms with Crippen molar-refractivity contribution in [2.45, 2.75) is 38.8 Å². The van der Waals surface area contributed by atoms with Gasteiger partial charge in [0.25, 0.3) is 0 Å². The third-order valence-electron chi connectivity index (χ3n) is 3.11. The zero-order chi connectivity index (χ0) is 15.1. The lowest BCUT2D eigenvalue weighted by atomic mass is 10.1. The highest BCUT2D eigenvalue weighted by Gasteiger charge is 2.15. The molecule has 0 bridgehead atoms. The molecule has 0 saturated heterocycles. The lowest BCUT2D eigenvalue weighted by Gasteiger charge is -2.18. The minimum Gasteiger partial charge on any atom is -0.497 e. The predicted molar refractivity (Wildman–Crippen MR) is 86.2 cm³/mol. The summed E-state index contributed by atoms with van der Waals surface area (Å²) in [7, 11) is 3.22. The van der Waals surface area contributed by atoms with Crippen LogP contribution in [0.4, 0.5) is 0 Å². The first kappa shape index (κ1) is 19.5. The Morgan fingerprint density at radius 1 is 1.29 bits per heavy atom. The number of hydrogen-bond acceptors (Lipinski definition) is 4. The molecule has 0 aromatic heterocycles. The number of hydrogen-bond donors (Lipinski definition) is 2. The molecule has 5 nitrogen and oxygen atoms in total. The third kappa shape index (κ3) is 6.23. The van der Waals surface area contributed by atoms with Crippen molar-refractivity contribution in [3.63, 3.8) is 0 Å². The van der Waals surface area contributed by atoms with Gasteiger partial charge in [0.2, 0.25) is 5.91 Å². The normalized spacial score (nSPS) is 12.8. The van der Waals surface area contributed by atoms with Crippen molar-refractivity contribution in [2.24, 2.45) is 5.73 Å². The van der Waals surface area contributed by atoms with Crippen LogP contribution in [0, 0.1) is 0 Å². The van der Waals surface area contributed by atoms with Gasteiger partial charge in [-0.15, -0.1) is 12.4 Å². The molecular formula is C15H25ClN2O3. The molecule has 6 heteroatoms. The molecule has 0 aliphatic carbocycles. The number of methoxy groups -OCH3 is 2. The van der Waals surface area contributed by atoms with Crippen LogP contribution in [0.5, 0.6) is 11.5 Å². The van der Waals surface area contributed by atoms with Gasteiger partial charge in [0.05, 0.1) is 20.3 Å². The maximum absolute atomic E-state index is 11.8. The fourth-order valence-corrected chi connectivity index (χ4v) is 1.93. The average Bonchev–Trinajstić information content (AvgIpc) is 2.44. The second-order valence-electron chi connectivity index (χ2n) is 4.91. The molecule has 2 atom stereocenters. The Bertz CT molecular complexity index is 453. The fourth-order valence-electron chi connectivity index (χ4n) is 1.93. The lowest BCUT2D eigenvalue weighted by molar-refractivity contribution is -0.121. The van der Waals surface area contributed by atoms with Crippen molar-refractivity contribution in [1.82, 2.24) is 5.32 Å². The first-order chi connectivity index (χ1) is 9.47. The van der Waals surface area contributed by atoms with Crippen LogP contribution < -0.4 is 20.5 Å². The molecule has 0 saturated carbocycles. The van der Waals surface area contributed by atoms with E-state index in [2.05, 4.69) is 5.32 Å². The molecule has 0 aliphatic rings. The second kappa shape index (κ2) is 9.47. The summed E-state index contributed by atoms with van der Waals surface area (Å²) < 4.78 is 10.5. The molecule has 2 unspecified atom stereocenters. The van der Waals surface area contributed by atoms with E-state index < -0.39 is 0 Å². The molecule has 0 spiro atoms. The second-order valence-corrected chi connectivity index (χ2v) is 4.91. The molecule has 0 radical (unpaired) electrons. The molecule has 120 valence electrons. The van der Waals surface area contributed by atoms with Crippen LogP contribution in [-0.2, 0) is 4.79 Å². The molecule has 0 aliphatic heterocycles. The maximum Gasteiger partial charge on any atom is 0.220 e. The van der Waals surface area contributed by atoms with Gasteiger partial charge in [-0.2, -0.15) is 0 Å². The molecule has 1 rings (SSSR count). The first-order valence-corrected chi connectivity index (χ1v) is 6.74. The number of rotatable bonds is 7. The summed E-state index contributed by atoms with van der Waals surface area (Å²) in [5.41, 5.74) is 6.54. The predicted octanol–water partition coefficient (Wildman–Crippen LogP) is 2.43. The van der Waals surface area contributed by atoms with E-state index in [4.69, 9.17) is 15.2 Å². The van der Waals surface area contributed by atoms with Crippen molar-refractivity contribution in [3.05, 3.63) is 23.8 Å². The van der Waals surface area contributed by atoms with Crippen molar-refractivity contribution >= 4 is 18.3 Å². The van der Waals surface area contributed by atoms with Gasteiger partial charge in [-0.25, -0.2) is 0 Å². The number of ether oxygens (including phenoxy) is 2. The number of nitrogens with two attached hydrogens (primary N) is 1. The number of carbonyl (C=O) groups excluding carboxylic acids is 1. The smallest absolute Gasteiger partial charge is 0.220 e. The summed E-state index contributed by atoms with van der Waals surface area (Å²) >= 11 is 0. The number of amides is 1. The highest BCUT2D eigenvalue weighted by molar-refractivity contribution is 5.85. The van der Waals surface area contributed by atoms with Gasteiger partial charge in [0.1, 0.15) is 11.5 Å². The highest BCUT2D eigenvalue weighted by atomic mass is 35.5. The maximum atomic E-state index is 11.8. The van der Waals surface area contributed by atoms with E-state index in [1.807, 2.05) is 32.0 Å². The molecule has 0 heterocycles. The Balaban J connectivity index is 0.00000400. The number of carbonyl (C=O) groups is 1. The van der Waals surface area contributed by atoms with E-state index in [1.54, 1.807) is 14.2 Å². The number of nitrogens with one attached hydrogen (secondary N) is 1. The molecule has 1 aromatic rings.